The molecular formula is C8H8BClO2S. The molecule has 0 bridgehead atoms. The van der Waals surface area contributed by atoms with Gasteiger partial charge in [-0.15, -0.1) is 11.8 Å². The highest BCUT2D eigenvalue weighted by Crippen LogP contribution is 2.27. The minimum atomic E-state index is -0.779. The average Bonchev–Trinajstić information content (AvgIpc) is 2.46. The van der Waals surface area contributed by atoms with E-state index in [9.17, 15) is 5.02 Å². The van der Waals surface area contributed by atoms with Crippen LogP contribution < -0.4 is 5.46 Å². The first-order valence-electron chi connectivity index (χ1n) is 3.88. The molecule has 68 valence electrons. The Morgan fingerprint density at radius 3 is 3.08 bits per heavy atom. The lowest BCUT2D eigenvalue weighted by Crippen LogP contribution is -2.28. The topological polar surface area (TPSA) is 29.5 Å². The molecule has 1 aliphatic rings. The number of hydrogen-bond donors (Lipinski definition) is 1. The van der Waals surface area contributed by atoms with Crippen LogP contribution in [-0.4, -0.2) is 18.4 Å². The van der Waals surface area contributed by atoms with E-state index in [1.54, 1.807) is 11.8 Å². The van der Waals surface area contributed by atoms with Gasteiger partial charge in [-0.1, -0.05) is 11.6 Å². The van der Waals surface area contributed by atoms with Gasteiger partial charge in [0, 0.05) is 4.90 Å². The minimum absolute atomic E-state index is 0.449. The predicted octanol–water partition coefficient (Wildman–Crippen LogP) is 1.28. The van der Waals surface area contributed by atoms with Gasteiger partial charge in [0.25, 0.3) is 0 Å². The van der Waals surface area contributed by atoms with Crippen molar-refractivity contribution < 1.29 is 9.68 Å². The third kappa shape index (κ3) is 1.59. The SMILES string of the molecule is CSc1cc2c(cc1Cl)COB2O. The number of fused-ring (bicyclic) bond motifs is 1. The van der Waals surface area contributed by atoms with Crippen molar-refractivity contribution in [2.75, 3.05) is 6.26 Å². The highest BCUT2D eigenvalue weighted by atomic mass is 35.5. The first kappa shape index (κ1) is 9.40. The van der Waals surface area contributed by atoms with E-state index in [-0.39, 0.29) is 0 Å². The first-order chi connectivity index (χ1) is 6.22. The van der Waals surface area contributed by atoms with Gasteiger partial charge in [-0.05, 0) is 29.4 Å². The van der Waals surface area contributed by atoms with Crippen LogP contribution in [0, 0.1) is 0 Å². The fourth-order valence-electron chi connectivity index (χ4n) is 1.38. The lowest BCUT2D eigenvalue weighted by Gasteiger charge is -2.04. The van der Waals surface area contributed by atoms with Crippen LogP contribution in [0.3, 0.4) is 0 Å². The van der Waals surface area contributed by atoms with Crippen LogP contribution in [0.25, 0.3) is 0 Å². The summed E-state index contributed by atoms with van der Waals surface area (Å²) < 4.78 is 5.07. The smallest absolute Gasteiger partial charge is 0.423 e. The molecule has 1 aliphatic heterocycles. The molecule has 0 saturated heterocycles. The van der Waals surface area contributed by atoms with Crippen molar-refractivity contribution in [3.63, 3.8) is 0 Å². The molecule has 0 aromatic heterocycles. The molecule has 0 unspecified atom stereocenters. The molecule has 0 fully saturated rings. The summed E-state index contributed by atoms with van der Waals surface area (Å²) in [5, 5.41) is 10.1. The molecule has 5 heteroatoms. The third-order valence-corrected chi connectivity index (χ3v) is 3.28. The van der Waals surface area contributed by atoms with E-state index in [0.717, 1.165) is 20.9 Å². The molecule has 0 radical (unpaired) electrons. The van der Waals surface area contributed by atoms with E-state index in [1.807, 2.05) is 18.4 Å². The number of thioether (sulfide) groups is 1. The van der Waals surface area contributed by atoms with Gasteiger partial charge in [-0.2, -0.15) is 0 Å². The third-order valence-electron chi connectivity index (χ3n) is 2.08. The fraction of sp³-hybridized carbons (Fsp3) is 0.250. The summed E-state index contributed by atoms with van der Waals surface area (Å²) in [6, 6.07) is 3.75. The summed E-state index contributed by atoms with van der Waals surface area (Å²) in [4.78, 5) is 0.977. The van der Waals surface area contributed by atoms with E-state index in [4.69, 9.17) is 16.3 Å². The zero-order valence-electron chi connectivity index (χ0n) is 7.08. The van der Waals surface area contributed by atoms with Crippen LogP contribution in [0.2, 0.25) is 5.02 Å². The number of benzene rings is 1. The van der Waals surface area contributed by atoms with Crippen LogP contribution in [0.5, 0.6) is 0 Å². The quantitative estimate of drug-likeness (QED) is 0.564. The van der Waals surface area contributed by atoms with Gasteiger partial charge < -0.3 is 9.68 Å². The molecule has 2 rings (SSSR count). The Labute approximate surface area is 86.4 Å². The van der Waals surface area contributed by atoms with Crippen molar-refractivity contribution in [2.45, 2.75) is 11.5 Å². The van der Waals surface area contributed by atoms with E-state index in [2.05, 4.69) is 0 Å². The summed E-state index contributed by atoms with van der Waals surface area (Å²) >= 11 is 7.56. The van der Waals surface area contributed by atoms with Gasteiger partial charge in [0.15, 0.2) is 0 Å². The Morgan fingerprint density at radius 2 is 2.38 bits per heavy atom. The van der Waals surface area contributed by atoms with E-state index >= 15 is 0 Å². The normalized spacial score (nSPS) is 14.8. The summed E-state index contributed by atoms with van der Waals surface area (Å²) in [7, 11) is -0.779. The second-order valence-electron chi connectivity index (χ2n) is 2.85. The maximum absolute atomic E-state index is 9.42. The van der Waals surface area contributed by atoms with Crippen molar-refractivity contribution in [3.05, 3.63) is 22.7 Å². The standard InChI is InChI=1S/C8H8BClO2S/c1-13-8-3-6-5(2-7(8)10)4-12-9(6)11/h2-3,11H,4H2,1H3. The van der Waals surface area contributed by atoms with Gasteiger partial charge in [-0.25, -0.2) is 0 Å². The van der Waals surface area contributed by atoms with Crippen LogP contribution >= 0.6 is 23.4 Å². The highest BCUT2D eigenvalue weighted by Gasteiger charge is 2.28. The van der Waals surface area contributed by atoms with Crippen molar-refractivity contribution >= 4 is 35.9 Å². The van der Waals surface area contributed by atoms with Gasteiger partial charge in [-0.3, -0.25) is 0 Å². The largest absolute Gasteiger partial charge is 0.491 e. The Balaban J connectivity index is 2.51. The lowest BCUT2D eigenvalue weighted by molar-refractivity contribution is 0.275. The molecule has 0 spiro atoms. The molecular weight excluding hydrogens is 206 g/mol. The summed E-state index contributed by atoms with van der Waals surface area (Å²) in [5.41, 5.74) is 1.82. The predicted molar refractivity (Wildman–Crippen MR) is 55.6 cm³/mol. The van der Waals surface area contributed by atoms with Crippen LogP contribution in [0.15, 0.2) is 17.0 Å². The summed E-state index contributed by atoms with van der Waals surface area (Å²) in [5.74, 6) is 0. The number of rotatable bonds is 1. The van der Waals surface area contributed by atoms with E-state index in [1.165, 1.54) is 0 Å². The van der Waals surface area contributed by atoms with Crippen LogP contribution in [0.4, 0.5) is 0 Å². The molecule has 0 amide bonds. The Kier molecular flexibility index (Phi) is 2.56. The first-order valence-corrected chi connectivity index (χ1v) is 5.48. The Bertz CT molecular complexity index is 345. The molecule has 0 saturated carbocycles. The molecule has 2 nitrogen and oxygen atoms in total. The molecule has 1 heterocycles. The highest BCUT2D eigenvalue weighted by molar-refractivity contribution is 7.98. The lowest BCUT2D eigenvalue weighted by atomic mass is 9.80. The molecule has 1 aromatic rings. The van der Waals surface area contributed by atoms with E-state index in [0.29, 0.717) is 6.61 Å². The van der Waals surface area contributed by atoms with Crippen molar-refractivity contribution in [3.8, 4) is 0 Å². The number of hydrogen-bond acceptors (Lipinski definition) is 3. The van der Waals surface area contributed by atoms with Crippen LogP contribution in [-0.2, 0) is 11.3 Å². The van der Waals surface area contributed by atoms with Crippen molar-refractivity contribution in [2.24, 2.45) is 0 Å². The monoisotopic (exact) mass is 214 g/mol. The van der Waals surface area contributed by atoms with Crippen LogP contribution in [0.1, 0.15) is 5.56 Å². The fourth-order valence-corrected chi connectivity index (χ4v) is 2.30. The molecule has 0 atom stereocenters. The van der Waals surface area contributed by atoms with Gasteiger partial charge >= 0.3 is 7.12 Å². The average molecular weight is 214 g/mol. The van der Waals surface area contributed by atoms with E-state index < -0.39 is 7.12 Å². The molecule has 13 heavy (non-hydrogen) atoms. The van der Waals surface area contributed by atoms with Gasteiger partial charge in [0.05, 0.1) is 11.6 Å². The summed E-state index contributed by atoms with van der Waals surface area (Å²) in [6.45, 7) is 0.449. The maximum atomic E-state index is 9.42. The maximum Gasteiger partial charge on any atom is 0.491 e. The minimum Gasteiger partial charge on any atom is -0.423 e. The summed E-state index contributed by atoms with van der Waals surface area (Å²) in [6.07, 6.45) is 1.95. The number of halogens is 1. The second-order valence-corrected chi connectivity index (χ2v) is 4.10. The van der Waals surface area contributed by atoms with Crippen molar-refractivity contribution in [1.82, 2.24) is 0 Å². The zero-order valence-corrected chi connectivity index (χ0v) is 8.65. The Morgan fingerprint density at radius 1 is 1.62 bits per heavy atom. The second kappa shape index (κ2) is 3.54. The zero-order chi connectivity index (χ0) is 9.42. The van der Waals surface area contributed by atoms with Gasteiger partial charge in [0.2, 0.25) is 0 Å². The van der Waals surface area contributed by atoms with Crippen molar-refractivity contribution in [1.29, 1.82) is 0 Å². The molecule has 0 aliphatic carbocycles. The molecule has 1 aromatic carbocycles. The molecule has 1 N–H and O–H groups in total. The Hall–Kier alpha value is -0.155. The van der Waals surface area contributed by atoms with Gasteiger partial charge in [0.1, 0.15) is 0 Å².